The average Bonchev–Trinajstić information content (AvgIpc) is 2.76. The van der Waals surface area contributed by atoms with E-state index in [1.807, 2.05) is 0 Å². The van der Waals surface area contributed by atoms with Crippen LogP contribution in [0.2, 0.25) is 0 Å². The molecule has 0 saturated heterocycles. The molecule has 1 atom stereocenters. The van der Waals surface area contributed by atoms with Crippen LogP contribution in [0.3, 0.4) is 0 Å². The number of hydrogen-bond acceptors (Lipinski definition) is 8. The molecule has 156 valence electrons. The maximum Gasteiger partial charge on any atom is 0.208 e. The van der Waals surface area contributed by atoms with Crippen molar-refractivity contribution in [3.63, 3.8) is 0 Å². The van der Waals surface area contributed by atoms with E-state index in [2.05, 4.69) is 0 Å². The third kappa shape index (κ3) is 3.46. The van der Waals surface area contributed by atoms with Gasteiger partial charge < -0.3 is 33.2 Å². The molecule has 1 aliphatic rings. The topological polar surface area (TPSA) is 81.7 Å². The van der Waals surface area contributed by atoms with Crippen LogP contribution in [-0.4, -0.2) is 48.4 Å². The van der Waals surface area contributed by atoms with Gasteiger partial charge in [0.2, 0.25) is 17.2 Å². The molecule has 1 aliphatic heterocycles. The van der Waals surface area contributed by atoms with Gasteiger partial charge in [-0.1, -0.05) is 0 Å². The largest absolute Gasteiger partial charge is 0.493 e. The van der Waals surface area contributed by atoms with Crippen LogP contribution in [0.25, 0.3) is 0 Å². The standard InChI is InChI=1S/C21H24O8/c1-23-15-7-11(8-16(24-2)19(15)26-4)14-10-13(22)12-9-17(25-3)20(27-5)21(28-6)18(12)29-14/h7-9,14H,10H2,1-6H3. The van der Waals surface area contributed by atoms with Crippen molar-refractivity contribution in [2.45, 2.75) is 12.5 Å². The van der Waals surface area contributed by atoms with Gasteiger partial charge in [-0.05, 0) is 18.2 Å². The number of ether oxygens (including phenoxy) is 7. The van der Waals surface area contributed by atoms with Crippen LogP contribution in [0.1, 0.15) is 28.4 Å². The summed E-state index contributed by atoms with van der Waals surface area (Å²) in [6.07, 6.45) is -0.444. The minimum absolute atomic E-state index is 0.107. The molecule has 0 aliphatic carbocycles. The Labute approximate surface area is 169 Å². The van der Waals surface area contributed by atoms with E-state index < -0.39 is 6.10 Å². The summed E-state index contributed by atoms with van der Waals surface area (Å²) < 4.78 is 38.6. The first-order chi connectivity index (χ1) is 14.0. The number of methoxy groups -OCH3 is 6. The minimum Gasteiger partial charge on any atom is -0.493 e. The van der Waals surface area contributed by atoms with E-state index in [4.69, 9.17) is 33.2 Å². The molecule has 0 bridgehead atoms. The summed E-state index contributed by atoms with van der Waals surface area (Å²) >= 11 is 0. The van der Waals surface area contributed by atoms with Crippen molar-refractivity contribution in [3.05, 3.63) is 29.3 Å². The lowest BCUT2D eigenvalue weighted by Crippen LogP contribution is -2.21. The van der Waals surface area contributed by atoms with E-state index in [9.17, 15) is 4.79 Å². The van der Waals surface area contributed by atoms with Crippen LogP contribution < -0.4 is 33.2 Å². The number of rotatable bonds is 7. The molecule has 2 aromatic rings. The first kappa shape index (κ1) is 20.4. The molecule has 29 heavy (non-hydrogen) atoms. The second-order valence-corrected chi connectivity index (χ2v) is 6.21. The average molecular weight is 404 g/mol. The van der Waals surface area contributed by atoms with Crippen LogP contribution in [0, 0.1) is 0 Å². The number of hydrogen-bond donors (Lipinski definition) is 0. The molecule has 3 rings (SSSR count). The number of ketones is 1. The number of Topliss-reactive ketones (excluding diaryl/α,β-unsaturated/α-hetero) is 1. The van der Waals surface area contributed by atoms with E-state index in [1.165, 1.54) is 42.7 Å². The third-order valence-electron chi connectivity index (χ3n) is 4.77. The van der Waals surface area contributed by atoms with Gasteiger partial charge >= 0.3 is 0 Å². The SMILES string of the molecule is COc1cc(C2CC(=O)c3cc(OC)c(OC)c(OC)c3O2)cc(OC)c1OC. The molecule has 0 radical (unpaired) electrons. The van der Waals surface area contributed by atoms with Crippen LogP contribution in [0.4, 0.5) is 0 Å². The molecule has 1 heterocycles. The third-order valence-corrected chi connectivity index (χ3v) is 4.77. The maximum atomic E-state index is 12.9. The maximum absolute atomic E-state index is 12.9. The zero-order chi connectivity index (χ0) is 21.1. The highest BCUT2D eigenvalue weighted by Gasteiger charge is 2.34. The van der Waals surface area contributed by atoms with Crippen molar-refractivity contribution >= 4 is 5.78 Å². The van der Waals surface area contributed by atoms with Crippen LogP contribution >= 0.6 is 0 Å². The predicted octanol–water partition coefficient (Wildman–Crippen LogP) is 3.44. The molecule has 8 nitrogen and oxygen atoms in total. The molecule has 1 unspecified atom stereocenters. The molecule has 0 saturated carbocycles. The Morgan fingerprint density at radius 1 is 0.724 bits per heavy atom. The monoisotopic (exact) mass is 404 g/mol. The van der Waals surface area contributed by atoms with Crippen molar-refractivity contribution in [1.29, 1.82) is 0 Å². The molecule has 0 aromatic heterocycles. The summed E-state index contributed by atoms with van der Waals surface area (Å²) in [6.45, 7) is 0. The van der Waals surface area contributed by atoms with E-state index in [0.29, 0.717) is 51.4 Å². The Bertz CT molecular complexity index is 896. The summed E-state index contributed by atoms with van der Waals surface area (Å²) in [4.78, 5) is 12.9. The number of carbonyl (C=O) groups excluding carboxylic acids is 1. The summed E-state index contributed by atoms with van der Waals surface area (Å²) in [6, 6.07) is 5.12. The Morgan fingerprint density at radius 3 is 1.72 bits per heavy atom. The number of carbonyl (C=O) groups is 1. The van der Waals surface area contributed by atoms with Gasteiger partial charge in [0.15, 0.2) is 28.8 Å². The van der Waals surface area contributed by atoms with Crippen molar-refractivity contribution in [1.82, 2.24) is 0 Å². The second kappa shape index (κ2) is 8.38. The van der Waals surface area contributed by atoms with Crippen LogP contribution in [-0.2, 0) is 0 Å². The quantitative estimate of drug-likeness (QED) is 0.694. The highest BCUT2D eigenvalue weighted by Crippen LogP contribution is 2.51. The normalized spacial score (nSPS) is 15.1. The molecular formula is C21H24O8. The van der Waals surface area contributed by atoms with E-state index in [-0.39, 0.29) is 12.2 Å². The highest BCUT2D eigenvalue weighted by molar-refractivity contribution is 6.02. The van der Waals surface area contributed by atoms with Gasteiger partial charge in [-0.15, -0.1) is 0 Å². The van der Waals surface area contributed by atoms with Crippen LogP contribution in [0.15, 0.2) is 18.2 Å². The fourth-order valence-electron chi connectivity index (χ4n) is 3.39. The Hall–Kier alpha value is -3.29. The van der Waals surface area contributed by atoms with Crippen molar-refractivity contribution in [3.8, 4) is 40.2 Å². The summed E-state index contributed by atoms with van der Waals surface area (Å²) in [5, 5.41) is 0. The van der Waals surface area contributed by atoms with E-state index >= 15 is 0 Å². The fraction of sp³-hybridized carbons (Fsp3) is 0.381. The fourth-order valence-corrected chi connectivity index (χ4v) is 3.39. The Morgan fingerprint density at radius 2 is 1.24 bits per heavy atom. The first-order valence-electron chi connectivity index (χ1n) is 8.85. The molecule has 8 heteroatoms. The number of benzene rings is 2. The van der Waals surface area contributed by atoms with E-state index in [0.717, 1.165) is 0 Å². The van der Waals surface area contributed by atoms with Gasteiger partial charge in [0, 0.05) is 5.56 Å². The van der Waals surface area contributed by atoms with Crippen molar-refractivity contribution in [2.75, 3.05) is 42.7 Å². The van der Waals surface area contributed by atoms with Gasteiger partial charge in [0.05, 0.1) is 54.6 Å². The van der Waals surface area contributed by atoms with Gasteiger partial charge in [-0.2, -0.15) is 0 Å². The molecule has 2 aromatic carbocycles. The lowest BCUT2D eigenvalue weighted by atomic mass is 9.95. The van der Waals surface area contributed by atoms with Crippen molar-refractivity contribution in [2.24, 2.45) is 0 Å². The van der Waals surface area contributed by atoms with Gasteiger partial charge in [-0.25, -0.2) is 0 Å². The van der Waals surface area contributed by atoms with Gasteiger partial charge in [0.1, 0.15) is 6.10 Å². The zero-order valence-corrected chi connectivity index (χ0v) is 17.3. The van der Waals surface area contributed by atoms with Gasteiger partial charge in [-0.3, -0.25) is 4.79 Å². The van der Waals surface area contributed by atoms with E-state index in [1.54, 1.807) is 18.2 Å². The second-order valence-electron chi connectivity index (χ2n) is 6.21. The Kier molecular flexibility index (Phi) is 5.91. The number of fused-ring (bicyclic) bond motifs is 1. The molecule has 0 N–H and O–H groups in total. The van der Waals surface area contributed by atoms with Crippen LogP contribution in [0.5, 0.6) is 40.2 Å². The Balaban J connectivity index is 2.11. The lowest BCUT2D eigenvalue weighted by Gasteiger charge is -2.29. The zero-order valence-electron chi connectivity index (χ0n) is 17.3. The molecular weight excluding hydrogens is 380 g/mol. The van der Waals surface area contributed by atoms with Crippen molar-refractivity contribution < 1.29 is 38.0 Å². The minimum atomic E-state index is -0.573. The predicted molar refractivity (Wildman–Crippen MR) is 105 cm³/mol. The van der Waals surface area contributed by atoms with Gasteiger partial charge in [0.25, 0.3) is 0 Å². The summed E-state index contributed by atoms with van der Waals surface area (Å²) in [5.41, 5.74) is 1.08. The smallest absolute Gasteiger partial charge is 0.208 e. The molecule has 0 spiro atoms. The highest BCUT2D eigenvalue weighted by atomic mass is 16.6. The summed E-state index contributed by atoms with van der Waals surface area (Å²) in [5.74, 6) is 2.66. The molecule has 0 fully saturated rings. The first-order valence-corrected chi connectivity index (χ1v) is 8.85. The molecule has 0 amide bonds. The summed E-state index contributed by atoms with van der Waals surface area (Å²) in [7, 11) is 9.06. The lowest BCUT2D eigenvalue weighted by molar-refractivity contribution is 0.0839.